The molecule has 2 N–H and O–H groups in total. The smallest absolute Gasteiger partial charge is 0.323 e. The van der Waals surface area contributed by atoms with Crippen molar-refractivity contribution in [2.24, 2.45) is 34.8 Å². The van der Waals surface area contributed by atoms with E-state index in [0.29, 0.717) is 23.8 Å². The zero-order chi connectivity index (χ0) is 17.2. The van der Waals surface area contributed by atoms with Crippen LogP contribution in [0.1, 0.15) is 26.2 Å². The zero-order valence-electron chi connectivity index (χ0n) is 14.1. The summed E-state index contributed by atoms with van der Waals surface area (Å²) < 4.78 is 5.00. The lowest BCUT2D eigenvalue weighted by atomic mass is 9.64. The number of piperidine rings is 2. The molecule has 1 amide bonds. The van der Waals surface area contributed by atoms with E-state index < -0.39 is 17.3 Å². The summed E-state index contributed by atoms with van der Waals surface area (Å²) in [6.45, 7) is 2.97. The number of hydrogen-bond acceptors (Lipinski definition) is 5. The molecular formula is C18H24N2O4. The summed E-state index contributed by atoms with van der Waals surface area (Å²) in [6.07, 6.45) is 5.61. The van der Waals surface area contributed by atoms with E-state index in [1.54, 1.807) is 0 Å². The zero-order valence-corrected chi connectivity index (χ0v) is 14.1. The highest BCUT2D eigenvalue weighted by molar-refractivity contribution is 6.10. The SMILES string of the molecule is COC(=O)[C@@]1(/C=C/C(N)=O)C(=O)C2C3CC(C)C[C@@H]4[C@@H]3C[C@H]1CN24. The van der Waals surface area contributed by atoms with Crippen LogP contribution in [0.5, 0.6) is 0 Å². The lowest BCUT2D eigenvalue weighted by molar-refractivity contribution is -0.166. The molecular weight excluding hydrogens is 308 g/mol. The number of carbonyl (C=O) groups excluding carboxylic acids is 3. The maximum atomic E-state index is 13.5. The van der Waals surface area contributed by atoms with Crippen LogP contribution in [-0.2, 0) is 19.1 Å². The van der Waals surface area contributed by atoms with Crippen molar-refractivity contribution in [1.29, 1.82) is 0 Å². The number of esters is 1. The fourth-order valence-corrected chi connectivity index (χ4v) is 6.10. The molecule has 3 aliphatic heterocycles. The fourth-order valence-electron chi connectivity index (χ4n) is 6.10. The first kappa shape index (κ1) is 15.8. The number of methoxy groups -OCH3 is 1. The van der Waals surface area contributed by atoms with Gasteiger partial charge in [-0.3, -0.25) is 19.3 Å². The van der Waals surface area contributed by atoms with Gasteiger partial charge in [0.2, 0.25) is 5.91 Å². The molecule has 4 unspecified atom stereocenters. The van der Waals surface area contributed by atoms with Gasteiger partial charge in [0.1, 0.15) is 0 Å². The Kier molecular flexibility index (Phi) is 3.39. The normalized spacial score (nSPS) is 48.8. The van der Waals surface area contributed by atoms with E-state index in [1.807, 2.05) is 0 Å². The molecule has 0 aromatic rings. The summed E-state index contributed by atoms with van der Waals surface area (Å²) in [5, 5.41) is 0. The van der Waals surface area contributed by atoms with E-state index in [0.717, 1.165) is 31.9 Å². The van der Waals surface area contributed by atoms with E-state index in [-0.39, 0.29) is 17.7 Å². The highest BCUT2D eigenvalue weighted by atomic mass is 16.5. The number of ether oxygens (including phenoxy) is 1. The van der Waals surface area contributed by atoms with Crippen molar-refractivity contribution in [3.63, 3.8) is 0 Å². The van der Waals surface area contributed by atoms with Gasteiger partial charge >= 0.3 is 5.97 Å². The van der Waals surface area contributed by atoms with Gasteiger partial charge in [-0.15, -0.1) is 0 Å². The number of nitrogens with two attached hydrogens (primary N) is 1. The Morgan fingerprint density at radius 3 is 2.71 bits per heavy atom. The standard InChI is InChI=1S/C18H24N2O4/c1-9-5-12-11-7-10-8-20(13(11)6-9)15(12)16(22)18(10,17(23)24-2)4-3-14(19)21/h3-4,9-13,15H,5-8H2,1-2H3,(H2,19,21)/b4-3+/t9?,10-,11+,12?,13+,15?,18+/m0/s1. The topological polar surface area (TPSA) is 89.7 Å². The Bertz CT molecular complexity index is 645. The molecule has 5 bridgehead atoms. The van der Waals surface area contributed by atoms with E-state index in [1.165, 1.54) is 13.2 Å². The van der Waals surface area contributed by atoms with Crippen LogP contribution in [0.2, 0.25) is 0 Å². The molecule has 4 rings (SSSR count). The van der Waals surface area contributed by atoms with Crippen LogP contribution in [0.4, 0.5) is 0 Å². The highest BCUT2D eigenvalue weighted by Gasteiger charge is 2.69. The van der Waals surface area contributed by atoms with Crippen LogP contribution < -0.4 is 5.73 Å². The third-order valence-electron chi connectivity index (χ3n) is 6.89. The Morgan fingerprint density at radius 1 is 1.29 bits per heavy atom. The lowest BCUT2D eigenvalue weighted by Gasteiger charge is -2.49. The van der Waals surface area contributed by atoms with Crippen LogP contribution in [0.25, 0.3) is 0 Å². The van der Waals surface area contributed by atoms with Gasteiger partial charge < -0.3 is 10.5 Å². The number of amides is 1. The average Bonchev–Trinajstić information content (AvgIpc) is 2.69. The molecule has 0 aromatic carbocycles. The summed E-state index contributed by atoms with van der Waals surface area (Å²) in [5.74, 6) is -0.0166. The Hall–Kier alpha value is -1.69. The third kappa shape index (κ3) is 1.83. The second kappa shape index (κ2) is 5.15. The largest absolute Gasteiger partial charge is 0.468 e. The summed E-state index contributed by atoms with van der Waals surface area (Å²) in [4.78, 5) is 39.7. The van der Waals surface area contributed by atoms with Crippen LogP contribution in [0.15, 0.2) is 12.2 Å². The van der Waals surface area contributed by atoms with Gasteiger partial charge in [0.15, 0.2) is 11.2 Å². The minimum atomic E-state index is -1.35. The van der Waals surface area contributed by atoms with Crippen LogP contribution in [0, 0.1) is 29.1 Å². The average molecular weight is 332 g/mol. The van der Waals surface area contributed by atoms with E-state index in [4.69, 9.17) is 10.5 Å². The molecule has 6 heteroatoms. The maximum absolute atomic E-state index is 13.5. The first-order valence-electron chi connectivity index (χ1n) is 8.77. The predicted molar refractivity (Wildman–Crippen MR) is 85.6 cm³/mol. The monoisotopic (exact) mass is 332 g/mol. The number of Topliss-reactive ketones (excluding diaryl/α,β-unsaturated/α-hetero) is 1. The first-order chi connectivity index (χ1) is 11.4. The summed E-state index contributed by atoms with van der Waals surface area (Å²) in [6, 6.07) is 0.250. The van der Waals surface area contributed by atoms with E-state index in [9.17, 15) is 14.4 Å². The second-order valence-corrected chi connectivity index (χ2v) is 8.01. The summed E-state index contributed by atoms with van der Waals surface area (Å²) >= 11 is 0. The fraction of sp³-hybridized carbons (Fsp3) is 0.722. The molecule has 4 aliphatic rings. The van der Waals surface area contributed by atoms with Gasteiger partial charge in [-0.2, -0.15) is 0 Å². The van der Waals surface area contributed by atoms with Gasteiger partial charge in [0, 0.05) is 18.7 Å². The minimum absolute atomic E-state index is 0.0906. The maximum Gasteiger partial charge on any atom is 0.323 e. The van der Waals surface area contributed by atoms with Crippen LogP contribution in [0.3, 0.4) is 0 Å². The molecule has 0 radical (unpaired) electrons. The molecule has 130 valence electrons. The Balaban J connectivity index is 1.81. The lowest BCUT2D eigenvalue weighted by Crippen LogP contribution is -2.63. The van der Waals surface area contributed by atoms with Gasteiger partial charge in [-0.05, 0) is 42.9 Å². The molecule has 3 heterocycles. The molecule has 8 atom stereocenters. The van der Waals surface area contributed by atoms with Crippen LogP contribution in [-0.4, -0.2) is 48.3 Å². The number of nitrogens with zero attached hydrogens (tertiary/aromatic N) is 1. The van der Waals surface area contributed by atoms with Crippen LogP contribution >= 0.6 is 0 Å². The number of carbonyl (C=O) groups is 3. The van der Waals surface area contributed by atoms with Crippen molar-refractivity contribution in [3.8, 4) is 0 Å². The van der Waals surface area contributed by atoms with Crippen molar-refractivity contribution in [2.75, 3.05) is 13.7 Å². The third-order valence-corrected chi connectivity index (χ3v) is 6.89. The number of rotatable bonds is 3. The quantitative estimate of drug-likeness (QED) is 0.462. The van der Waals surface area contributed by atoms with Gasteiger partial charge in [0.25, 0.3) is 0 Å². The predicted octanol–water partition coefficient (Wildman–Crippen LogP) is 0.505. The van der Waals surface area contributed by atoms with Crippen molar-refractivity contribution in [1.82, 2.24) is 4.90 Å². The molecule has 1 saturated carbocycles. The van der Waals surface area contributed by atoms with Crippen molar-refractivity contribution in [3.05, 3.63) is 12.2 Å². The second-order valence-electron chi connectivity index (χ2n) is 8.01. The highest BCUT2D eigenvalue weighted by Crippen LogP contribution is 2.60. The summed E-state index contributed by atoms with van der Waals surface area (Å²) in [7, 11) is 1.30. The number of hydrogen-bond donors (Lipinski definition) is 1. The van der Waals surface area contributed by atoms with E-state index >= 15 is 0 Å². The number of ketones is 1. The number of fused-ring (bicyclic) bond motifs is 2. The van der Waals surface area contributed by atoms with Gasteiger partial charge in [0.05, 0.1) is 13.2 Å². The molecule has 24 heavy (non-hydrogen) atoms. The molecule has 4 fully saturated rings. The van der Waals surface area contributed by atoms with Gasteiger partial charge in [-0.1, -0.05) is 13.0 Å². The number of primary amides is 1. The molecule has 0 spiro atoms. The molecule has 0 aromatic heterocycles. The molecule has 1 aliphatic carbocycles. The van der Waals surface area contributed by atoms with E-state index in [2.05, 4.69) is 11.8 Å². The minimum Gasteiger partial charge on any atom is -0.468 e. The Morgan fingerprint density at radius 2 is 2.04 bits per heavy atom. The van der Waals surface area contributed by atoms with Crippen molar-refractivity contribution < 1.29 is 19.1 Å². The van der Waals surface area contributed by atoms with Crippen molar-refractivity contribution in [2.45, 2.75) is 38.3 Å². The van der Waals surface area contributed by atoms with Crippen molar-refractivity contribution >= 4 is 17.7 Å². The Labute approximate surface area is 141 Å². The summed E-state index contributed by atoms with van der Waals surface area (Å²) in [5.41, 5.74) is 3.88. The van der Waals surface area contributed by atoms with Gasteiger partial charge in [-0.25, -0.2) is 0 Å². The molecule has 3 saturated heterocycles. The molecule has 6 nitrogen and oxygen atoms in total. The first-order valence-corrected chi connectivity index (χ1v) is 8.77.